The van der Waals surface area contributed by atoms with E-state index in [1.54, 1.807) is 0 Å². The molecule has 6 heterocycles. The van der Waals surface area contributed by atoms with Crippen LogP contribution in [-0.2, 0) is 26.2 Å². The molecule has 6 nitrogen and oxygen atoms in total. The summed E-state index contributed by atoms with van der Waals surface area (Å²) in [6.07, 6.45) is 22.6. The number of fused-ring (bicyclic) bond motifs is 4. The molecule has 0 saturated carbocycles. The molecular weight excluding hydrogens is 797 g/mol. The minimum atomic E-state index is 0.995. The Labute approximate surface area is 373 Å². The van der Waals surface area contributed by atoms with Gasteiger partial charge in [0.25, 0.3) is 0 Å². The van der Waals surface area contributed by atoms with Gasteiger partial charge >= 0.3 is 0 Å². The van der Waals surface area contributed by atoms with Crippen LogP contribution in [0.25, 0.3) is 45.1 Å². The van der Waals surface area contributed by atoms with Crippen LogP contribution in [0, 0.1) is 0 Å². The van der Waals surface area contributed by atoms with Crippen molar-refractivity contribution in [3.63, 3.8) is 0 Å². The van der Waals surface area contributed by atoms with Crippen LogP contribution in [0.4, 0.5) is 11.4 Å². The Morgan fingerprint density at radius 3 is 1.24 bits per heavy atom. The maximum Gasteiger partial charge on any atom is 0.213 e. The quantitative estimate of drug-likeness (QED) is 0.0851. The van der Waals surface area contributed by atoms with Gasteiger partial charge in [0.05, 0.1) is 32.2 Å². The second-order valence-electron chi connectivity index (χ2n) is 16.2. The zero-order valence-corrected chi connectivity index (χ0v) is 37.1. The Hall–Kier alpha value is -6.22. The minimum Gasteiger partial charge on any atom is -0.338 e. The molecule has 62 heavy (non-hydrogen) atoms. The Kier molecular flexibility index (Phi) is 11.6. The molecule has 306 valence electrons. The van der Waals surface area contributed by atoms with Gasteiger partial charge in [-0.3, -0.25) is 0 Å². The van der Waals surface area contributed by atoms with Crippen LogP contribution in [0.5, 0.6) is 0 Å². The summed E-state index contributed by atoms with van der Waals surface area (Å²) in [6.45, 7) is 4.00. The van der Waals surface area contributed by atoms with Crippen molar-refractivity contribution in [2.24, 2.45) is 0 Å². The smallest absolute Gasteiger partial charge is 0.213 e. The second-order valence-corrected chi connectivity index (χ2v) is 18.4. The monoisotopic (exact) mass is 848 g/mol. The highest BCUT2D eigenvalue weighted by molar-refractivity contribution is 8.04. The van der Waals surface area contributed by atoms with Gasteiger partial charge in [0, 0.05) is 98.1 Å². The number of unbranched alkanes of at least 4 members (excludes halogenated alkanes) is 2. The molecular formula is C54H52N6S2+4. The standard InChI is InChI=1S/C54H52N6S2/c1-55-49-19-7-9-21-51(49)61-53(55)39-43-27-37-59(47-17-5-3-15-45(43)47)31-13-11-29-57-33-23-41(24-34-57)42-25-35-58(36-26-42)30-12-14-32-60-38-28-44(46-16-4-6-18-48(46)60)40-54-56(2)50-20-8-10-22-52(50)62-54/h3-10,15-28,33-40H,11-14,29-32H2,1-2H3/q+4. The highest BCUT2D eigenvalue weighted by Crippen LogP contribution is 2.46. The summed E-state index contributed by atoms with van der Waals surface area (Å²) < 4.78 is 9.47. The van der Waals surface area contributed by atoms with E-state index in [2.05, 4.69) is 225 Å². The number of pyridine rings is 4. The molecule has 4 aromatic heterocycles. The van der Waals surface area contributed by atoms with E-state index in [1.807, 2.05) is 23.5 Å². The average Bonchev–Trinajstić information content (AvgIpc) is 3.81. The van der Waals surface area contributed by atoms with Crippen molar-refractivity contribution >= 4 is 68.9 Å². The summed E-state index contributed by atoms with van der Waals surface area (Å²) in [7, 11) is 4.33. The third-order valence-electron chi connectivity index (χ3n) is 12.3. The zero-order chi connectivity index (χ0) is 41.8. The van der Waals surface area contributed by atoms with Gasteiger partial charge < -0.3 is 9.80 Å². The molecule has 0 N–H and O–H groups in total. The molecule has 2 aliphatic heterocycles. The zero-order valence-electron chi connectivity index (χ0n) is 35.5. The number of para-hydroxylation sites is 4. The lowest BCUT2D eigenvalue weighted by Crippen LogP contribution is -2.36. The van der Waals surface area contributed by atoms with E-state index >= 15 is 0 Å². The highest BCUT2D eigenvalue weighted by Gasteiger charge is 2.24. The first kappa shape index (κ1) is 39.9. The van der Waals surface area contributed by atoms with Crippen LogP contribution in [-0.4, -0.2) is 14.1 Å². The summed E-state index contributed by atoms with van der Waals surface area (Å²) in [5.41, 5.74) is 10.1. The van der Waals surface area contributed by atoms with Crippen molar-refractivity contribution in [3.05, 3.63) is 192 Å². The minimum absolute atomic E-state index is 0.995. The van der Waals surface area contributed by atoms with Gasteiger partial charge in [-0.25, -0.2) is 9.13 Å². The fraction of sp³-hybridized carbons (Fsp3) is 0.185. The van der Waals surface area contributed by atoms with Crippen LogP contribution in [0.3, 0.4) is 0 Å². The second kappa shape index (κ2) is 18.0. The first-order valence-corrected chi connectivity index (χ1v) is 23.4. The number of benzene rings is 4. The number of aromatic nitrogens is 4. The summed E-state index contributed by atoms with van der Waals surface area (Å²) in [5.74, 6) is 0. The predicted octanol–water partition coefficient (Wildman–Crippen LogP) is 10.9. The Morgan fingerprint density at radius 1 is 0.419 bits per heavy atom. The Balaban J connectivity index is 0.700. The maximum atomic E-state index is 2.42. The van der Waals surface area contributed by atoms with Crippen LogP contribution in [0.1, 0.15) is 36.8 Å². The Morgan fingerprint density at radius 2 is 0.806 bits per heavy atom. The van der Waals surface area contributed by atoms with Crippen LogP contribution in [0.2, 0.25) is 0 Å². The average molecular weight is 849 g/mol. The topological polar surface area (TPSA) is 22.0 Å². The van der Waals surface area contributed by atoms with E-state index in [-0.39, 0.29) is 0 Å². The fourth-order valence-corrected chi connectivity index (χ4v) is 11.0. The van der Waals surface area contributed by atoms with Crippen molar-refractivity contribution in [1.29, 1.82) is 0 Å². The molecule has 10 rings (SSSR count). The first-order chi connectivity index (χ1) is 30.6. The van der Waals surface area contributed by atoms with Crippen molar-refractivity contribution < 1.29 is 18.3 Å². The third-order valence-corrected chi connectivity index (χ3v) is 14.6. The molecule has 0 unspecified atom stereocenters. The fourth-order valence-electron chi connectivity index (χ4n) is 8.77. The molecule has 0 amide bonds. The Bertz CT molecular complexity index is 2760. The number of hydrogen-bond acceptors (Lipinski definition) is 4. The van der Waals surface area contributed by atoms with Crippen molar-refractivity contribution in [1.82, 2.24) is 0 Å². The summed E-state index contributed by atoms with van der Waals surface area (Å²) in [6, 6.07) is 48.5. The van der Waals surface area contributed by atoms with Gasteiger partial charge in [0.15, 0.2) is 37.2 Å². The molecule has 0 spiro atoms. The van der Waals surface area contributed by atoms with Gasteiger partial charge in [-0.05, 0) is 70.8 Å². The molecule has 2 aliphatic rings. The molecule has 0 saturated heterocycles. The van der Waals surface area contributed by atoms with E-state index < -0.39 is 0 Å². The van der Waals surface area contributed by atoms with Gasteiger partial charge in [-0.2, -0.15) is 9.13 Å². The van der Waals surface area contributed by atoms with E-state index in [1.165, 1.54) is 75.3 Å². The summed E-state index contributed by atoms with van der Waals surface area (Å²) in [5, 5.41) is 5.10. The lowest BCUT2D eigenvalue weighted by Gasteiger charge is -2.13. The van der Waals surface area contributed by atoms with Gasteiger partial charge in [-0.15, -0.1) is 0 Å². The van der Waals surface area contributed by atoms with E-state index in [0.29, 0.717) is 0 Å². The number of anilines is 2. The third kappa shape index (κ3) is 8.37. The lowest BCUT2D eigenvalue weighted by atomic mass is 10.1. The number of rotatable bonds is 13. The highest BCUT2D eigenvalue weighted by atomic mass is 32.2. The molecule has 0 fully saturated rings. The molecule has 0 aliphatic carbocycles. The SMILES string of the molecule is CN1/C(=C/c2cc[n+](CCCC[n+]3ccc(-c4cc[n+](CCCC[n+]5ccc(/C=C6\Sc7ccccc7N6C)c6ccccc65)cc4)cc3)c3ccccc23)Sc2ccccc21. The molecule has 8 aromatic rings. The van der Waals surface area contributed by atoms with Crippen molar-refractivity contribution in [2.45, 2.75) is 61.7 Å². The van der Waals surface area contributed by atoms with Crippen LogP contribution >= 0.6 is 23.5 Å². The summed E-state index contributed by atoms with van der Waals surface area (Å²) in [4.78, 5) is 7.23. The van der Waals surface area contributed by atoms with Crippen molar-refractivity contribution in [2.75, 3.05) is 23.9 Å². The van der Waals surface area contributed by atoms with Crippen LogP contribution in [0.15, 0.2) is 190 Å². The lowest BCUT2D eigenvalue weighted by molar-refractivity contribution is -0.701. The van der Waals surface area contributed by atoms with Gasteiger partial charge in [0.2, 0.25) is 11.0 Å². The van der Waals surface area contributed by atoms with E-state index in [0.717, 1.165) is 51.9 Å². The normalized spacial score (nSPS) is 14.7. The van der Waals surface area contributed by atoms with Gasteiger partial charge in [0.1, 0.15) is 26.2 Å². The number of nitrogens with zero attached hydrogens (tertiary/aromatic N) is 6. The molecule has 0 atom stereocenters. The molecule has 0 radical (unpaired) electrons. The molecule has 4 aromatic carbocycles. The number of hydrogen-bond donors (Lipinski definition) is 0. The first-order valence-electron chi connectivity index (χ1n) is 21.8. The molecule has 0 bridgehead atoms. The van der Waals surface area contributed by atoms with E-state index in [4.69, 9.17) is 0 Å². The van der Waals surface area contributed by atoms with Crippen LogP contribution < -0.4 is 28.1 Å². The largest absolute Gasteiger partial charge is 0.338 e. The summed E-state index contributed by atoms with van der Waals surface area (Å²) >= 11 is 3.69. The van der Waals surface area contributed by atoms with Crippen molar-refractivity contribution in [3.8, 4) is 11.1 Å². The van der Waals surface area contributed by atoms with E-state index in [9.17, 15) is 0 Å². The number of thioether (sulfide) groups is 2. The molecule has 8 heteroatoms. The number of aryl methyl sites for hydroxylation is 4. The maximum absolute atomic E-state index is 2.42. The van der Waals surface area contributed by atoms with Gasteiger partial charge in [-0.1, -0.05) is 72.1 Å². The predicted molar refractivity (Wildman–Crippen MR) is 256 cm³/mol.